The third-order valence-electron chi connectivity index (χ3n) is 6.83. The summed E-state index contributed by atoms with van der Waals surface area (Å²) in [5.41, 5.74) is 3.89. The second-order valence-electron chi connectivity index (χ2n) is 9.32. The van der Waals surface area contributed by atoms with Crippen molar-refractivity contribution in [2.45, 2.75) is 38.6 Å². The molecule has 0 bridgehead atoms. The number of amides is 1. The third-order valence-corrected chi connectivity index (χ3v) is 6.83. The first-order valence-electron chi connectivity index (χ1n) is 12.3. The van der Waals surface area contributed by atoms with E-state index >= 15 is 0 Å². The molecule has 4 aromatic rings. The first kappa shape index (κ1) is 25.6. The molecule has 6 nitrogen and oxygen atoms in total. The van der Waals surface area contributed by atoms with Crippen LogP contribution in [0.15, 0.2) is 66.9 Å². The molecule has 0 aliphatic carbocycles. The molecular formula is C28H26F4N4O2. The number of fused-ring (bicyclic) bond motifs is 1. The Hall–Kier alpha value is -4.08. The van der Waals surface area contributed by atoms with Gasteiger partial charge in [-0.1, -0.05) is 24.3 Å². The average Bonchev–Trinajstić information content (AvgIpc) is 3.24. The van der Waals surface area contributed by atoms with Gasteiger partial charge in [0.25, 0.3) is 5.91 Å². The number of hydrogen-bond acceptors (Lipinski definition) is 4. The highest BCUT2D eigenvalue weighted by atomic mass is 19.4. The van der Waals surface area contributed by atoms with Gasteiger partial charge in [0.05, 0.1) is 5.69 Å². The van der Waals surface area contributed by atoms with Crippen LogP contribution in [0.2, 0.25) is 0 Å². The second-order valence-corrected chi connectivity index (χ2v) is 9.32. The highest BCUT2D eigenvalue weighted by molar-refractivity contribution is 5.94. The zero-order valence-corrected chi connectivity index (χ0v) is 20.6. The minimum Gasteiger partial charge on any atom is -0.406 e. The van der Waals surface area contributed by atoms with Gasteiger partial charge in [-0.2, -0.15) is 0 Å². The predicted octanol–water partition coefficient (Wildman–Crippen LogP) is 5.99. The number of imidazole rings is 1. The van der Waals surface area contributed by atoms with Crippen molar-refractivity contribution in [1.29, 1.82) is 0 Å². The van der Waals surface area contributed by atoms with Crippen molar-refractivity contribution in [3.8, 4) is 5.75 Å². The molecule has 0 saturated carbocycles. The van der Waals surface area contributed by atoms with Crippen LogP contribution in [-0.4, -0.2) is 34.7 Å². The topological polar surface area (TPSA) is 58.9 Å². The molecule has 10 heteroatoms. The van der Waals surface area contributed by atoms with Crippen molar-refractivity contribution in [2.75, 3.05) is 18.0 Å². The maximum absolute atomic E-state index is 14.0. The van der Waals surface area contributed by atoms with Gasteiger partial charge in [0.1, 0.15) is 11.4 Å². The summed E-state index contributed by atoms with van der Waals surface area (Å²) in [6, 6.07) is 16.9. The fourth-order valence-electron chi connectivity index (χ4n) is 4.92. The van der Waals surface area contributed by atoms with E-state index in [0.29, 0.717) is 17.9 Å². The monoisotopic (exact) mass is 526 g/mol. The van der Waals surface area contributed by atoms with E-state index in [-0.39, 0.29) is 23.2 Å². The zero-order chi connectivity index (χ0) is 26.9. The maximum atomic E-state index is 14.0. The molecule has 2 aromatic heterocycles. The molecule has 1 amide bonds. The molecule has 0 radical (unpaired) electrons. The fourth-order valence-corrected chi connectivity index (χ4v) is 4.92. The summed E-state index contributed by atoms with van der Waals surface area (Å²) in [6.07, 6.45) is -1.31. The minimum atomic E-state index is -4.69. The van der Waals surface area contributed by atoms with Crippen molar-refractivity contribution in [1.82, 2.24) is 14.7 Å². The Morgan fingerprint density at radius 3 is 2.39 bits per heavy atom. The number of carbonyl (C=O) groups excluding carboxylic acids is 1. The SMILES string of the molecule is Cc1nc2c(F)cccn2c1C(=O)NCc1ccc(N2CCC(c3ccc(OC(F)(F)F)cc3)CC2)cc1. The fraction of sp³-hybridized carbons (Fsp3) is 0.286. The number of aromatic nitrogens is 2. The lowest BCUT2D eigenvalue weighted by Crippen LogP contribution is -2.32. The number of hydrogen-bond donors (Lipinski definition) is 1. The molecule has 1 N–H and O–H groups in total. The molecule has 2 aromatic carbocycles. The number of rotatable bonds is 6. The zero-order valence-electron chi connectivity index (χ0n) is 20.6. The average molecular weight is 527 g/mol. The van der Waals surface area contributed by atoms with Crippen LogP contribution in [0.4, 0.5) is 23.2 Å². The Bertz CT molecular complexity index is 1420. The van der Waals surface area contributed by atoms with Gasteiger partial charge in [-0.3, -0.25) is 9.20 Å². The summed E-state index contributed by atoms with van der Waals surface area (Å²) in [7, 11) is 0. The maximum Gasteiger partial charge on any atom is 0.573 e. The normalized spacial score (nSPS) is 14.6. The summed E-state index contributed by atoms with van der Waals surface area (Å²) in [5.74, 6) is -0.748. The standard InChI is InChI=1S/C28H26F4N4O2/c1-18-25(36-14-2-3-24(29)26(36)34-18)27(37)33-17-19-4-8-22(9-5-19)35-15-12-21(13-16-35)20-6-10-23(11-7-20)38-28(30,31)32/h2-11,14,21H,12-13,15-17H2,1H3,(H,33,37). The van der Waals surface area contributed by atoms with E-state index in [2.05, 4.69) is 19.9 Å². The predicted molar refractivity (Wildman–Crippen MR) is 135 cm³/mol. The molecule has 1 fully saturated rings. The number of nitrogens with zero attached hydrogens (tertiary/aromatic N) is 3. The van der Waals surface area contributed by atoms with E-state index in [0.717, 1.165) is 42.7 Å². The largest absolute Gasteiger partial charge is 0.573 e. The number of halogens is 4. The van der Waals surface area contributed by atoms with Crippen molar-refractivity contribution in [2.24, 2.45) is 0 Å². The van der Waals surface area contributed by atoms with Gasteiger partial charge in [0, 0.05) is 31.5 Å². The van der Waals surface area contributed by atoms with Gasteiger partial charge in [0.15, 0.2) is 11.5 Å². The van der Waals surface area contributed by atoms with Crippen molar-refractivity contribution in [3.05, 3.63) is 95.2 Å². The number of piperidine rings is 1. The molecule has 1 aliphatic heterocycles. The Morgan fingerprint density at radius 1 is 1.05 bits per heavy atom. The van der Waals surface area contributed by atoms with Crippen LogP contribution in [0, 0.1) is 12.7 Å². The van der Waals surface area contributed by atoms with E-state index in [1.165, 1.54) is 28.7 Å². The molecule has 3 heterocycles. The van der Waals surface area contributed by atoms with Gasteiger partial charge in [-0.15, -0.1) is 13.2 Å². The molecule has 0 unspecified atom stereocenters. The Labute approximate surface area is 216 Å². The number of carbonyl (C=O) groups is 1. The first-order valence-corrected chi connectivity index (χ1v) is 12.3. The van der Waals surface area contributed by atoms with Gasteiger partial charge >= 0.3 is 6.36 Å². The number of ether oxygens (including phenoxy) is 1. The first-order chi connectivity index (χ1) is 18.2. The summed E-state index contributed by atoms with van der Waals surface area (Å²) < 4.78 is 56.5. The number of alkyl halides is 3. The Balaban J connectivity index is 1.15. The van der Waals surface area contributed by atoms with E-state index in [1.54, 1.807) is 25.3 Å². The highest BCUT2D eigenvalue weighted by Gasteiger charge is 2.31. The molecule has 5 rings (SSSR count). The summed E-state index contributed by atoms with van der Waals surface area (Å²) in [6.45, 7) is 3.64. The number of aryl methyl sites for hydroxylation is 1. The summed E-state index contributed by atoms with van der Waals surface area (Å²) in [4.78, 5) is 19.2. The van der Waals surface area contributed by atoms with E-state index in [4.69, 9.17) is 0 Å². The van der Waals surface area contributed by atoms with E-state index < -0.39 is 12.2 Å². The third kappa shape index (κ3) is 5.58. The van der Waals surface area contributed by atoms with Crippen molar-refractivity contribution in [3.63, 3.8) is 0 Å². The number of anilines is 1. The molecule has 0 atom stereocenters. The summed E-state index contributed by atoms with van der Waals surface area (Å²) >= 11 is 0. The van der Waals surface area contributed by atoms with E-state index in [9.17, 15) is 22.4 Å². The number of pyridine rings is 1. The van der Waals surface area contributed by atoms with Gasteiger partial charge < -0.3 is 15.0 Å². The summed E-state index contributed by atoms with van der Waals surface area (Å²) in [5, 5.41) is 2.89. The van der Waals surface area contributed by atoms with Crippen LogP contribution in [0.1, 0.15) is 46.1 Å². The Kier molecular flexibility index (Phi) is 6.96. The van der Waals surface area contributed by atoms with Crippen molar-refractivity contribution < 1.29 is 27.1 Å². The smallest absolute Gasteiger partial charge is 0.406 e. The molecule has 0 spiro atoms. The lowest BCUT2D eigenvalue weighted by atomic mass is 9.89. The van der Waals surface area contributed by atoms with Crippen LogP contribution in [-0.2, 0) is 6.54 Å². The molecular weight excluding hydrogens is 500 g/mol. The Morgan fingerprint density at radius 2 is 1.74 bits per heavy atom. The van der Waals surface area contributed by atoms with Crippen LogP contribution < -0.4 is 15.0 Å². The molecule has 38 heavy (non-hydrogen) atoms. The van der Waals surface area contributed by atoms with Gasteiger partial charge in [-0.25, -0.2) is 9.37 Å². The van der Waals surface area contributed by atoms with E-state index in [1.807, 2.05) is 24.3 Å². The minimum absolute atomic E-state index is 0.121. The molecule has 1 aliphatic rings. The van der Waals surface area contributed by atoms with Crippen LogP contribution >= 0.6 is 0 Å². The van der Waals surface area contributed by atoms with Gasteiger partial charge in [-0.05, 0) is 73.2 Å². The number of benzene rings is 2. The van der Waals surface area contributed by atoms with Crippen LogP contribution in [0.3, 0.4) is 0 Å². The number of nitrogens with one attached hydrogen (secondary N) is 1. The lowest BCUT2D eigenvalue weighted by Gasteiger charge is -2.34. The van der Waals surface area contributed by atoms with Gasteiger partial charge in [0.2, 0.25) is 0 Å². The second kappa shape index (κ2) is 10.4. The lowest BCUT2D eigenvalue weighted by molar-refractivity contribution is -0.274. The molecule has 1 saturated heterocycles. The van der Waals surface area contributed by atoms with Crippen molar-refractivity contribution >= 4 is 17.2 Å². The highest BCUT2D eigenvalue weighted by Crippen LogP contribution is 2.32. The molecule has 198 valence electrons. The van der Waals surface area contributed by atoms with Crippen LogP contribution in [0.5, 0.6) is 5.75 Å². The van der Waals surface area contributed by atoms with Crippen LogP contribution in [0.25, 0.3) is 5.65 Å². The quantitative estimate of drug-likeness (QED) is 0.314.